The highest BCUT2D eigenvalue weighted by Crippen LogP contribution is 2.21. The van der Waals surface area contributed by atoms with E-state index in [2.05, 4.69) is 15.3 Å². The minimum atomic E-state index is -0.519. The maximum atomic E-state index is 12.1. The van der Waals surface area contributed by atoms with Crippen molar-refractivity contribution in [3.8, 4) is 0 Å². The van der Waals surface area contributed by atoms with Crippen LogP contribution in [0.4, 0.5) is 16.3 Å². The Balaban J connectivity index is 1.65. The van der Waals surface area contributed by atoms with Gasteiger partial charge >= 0.3 is 6.09 Å². The zero-order valence-corrected chi connectivity index (χ0v) is 14.9. The second-order valence-corrected chi connectivity index (χ2v) is 7.24. The zero-order valence-electron chi connectivity index (χ0n) is 14.9. The number of rotatable bonds is 3. The van der Waals surface area contributed by atoms with Gasteiger partial charge in [-0.3, -0.25) is 15.1 Å². The number of carbonyl (C=O) groups is 1. The van der Waals surface area contributed by atoms with Gasteiger partial charge in [0, 0.05) is 31.3 Å². The molecule has 9 nitrogen and oxygen atoms in total. The Hall–Kier alpha value is -2.97. The van der Waals surface area contributed by atoms with E-state index in [1.807, 2.05) is 20.8 Å². The molecule has 2 heterocycles. The normalized spacial score (nSPS) is 17.3. The molecule has 26 heavy (non-hydrogen) atoms. The standard InChI is InChI=1S/C17H21N5O4/c1-17(2,3)26-16(23)21-7-6-11(10-21)19-15-9-18-14-8-12(22(24)25)4-5-13(14)20-15/h4-5,8-9,11H,6-7,10H2,1-3H3,(H,19,20)/t11-/m1/s1. The van der Waals surface area contributed by atoms with E-state index in [9.17, 15) is 14.9 Å². The molecule has 1 aliphatic heterocycles. The van der Waals surface area contributed by atoms with Crippen molar-refractivity contribution in [3.05, 3.63) is 34.5 Å². The van der Waals surface area contributed by atoms with E-state index in [-0.39, 0.29) is 17.8 Å². The van der Waals surface area contributed by atoms with Crippen LogP contribution >= 0.6 is 0 Å². The average molecular weight is 359 g/mol. The maximum absolute atomic E-state index is 12.1. The molecule has 1 aromatic heterocycles. The molecular formula is C17H21N5O4. The lowest BCUT2D eigenvalue weighted by Gasteiger charge is -2.24. The van der Waals surface area contributed by atoms with Crippen molar-refractivity contribution in [1.82, 2.24) is 14.9 Å². The molecule has 1 amide bonds. The van der Waals surface area contributed by atoms with Crippen LogP contribution in [0.3, 0.4) is 0 Å². The molecule has 2 aromatic rings. The van der Waals surface area contributed by atoms with E-state index < -0.39 is 10.5 Å². The van der Waals surface area contributed by atoms with Crippen molar-refractivity contribution >= 4 is 28.6 Å². The first-order chi connectivity index (χ1) is 12.2. The van der Waals surface area contributed by atoms with Crippen LogP contribution in [0.25, 0.3) is 11.0 Å². The number of amides is 1. The lowest BCUT2D eigenvalue weighted by atomic mass is 10.2. The molecular weight excluding hydrogens is 338 g/mol. The topological polar surface area (TPSA) is 110 Å². The number of nitrogens with zero attached hydrogens (tertiary/aromatic N) is 4. The molecule has 1 aliphatic rings. The predicted octanol–water partition coefficient (Wildman–Crippen LogP) is 2.96. The van der Waals surface area contributed by atoms with Crippen LogP contribution in [0.2, 0.25) is 0 Å². The summed E-state index contributed by atoms with van der Waals surface area (Å²) in [5.41, 5.74) is 0.500. The monoisotopic (exact) mass is 359 g/mol. The molecule has 138 valence electrons. The molecule has 1 saturated heterocycles. The largest absolute Gasteiger partial charge is 0.444 e. The van der Waals surface area contributed by atoms with E-state index >= 15 is 0 Å². The summed E-state index contributed by atoms with van der Waals surface area (Å²) >= 11 is 0. The molecule has 0 saturated carbocycles. The fourth-order valence-electron chi connectivity index (χ4n) is 2.76. The minimum Gasteiger partial charge on any atom is -0.444 e. The fraction of sp³-hybridized carbons (Fsp3) is 0.471. The number of benzene rings is 1. The molecule has 0 aliphatic carbocycles. The second-order valence-electron chi connectivity index (χ2n) is 7.24. The van der Waals surface area contributed by atoms with Crippen molar-refractivity contribution in [1.29, 1.82) is 0 Å². The molecule has 1 aromatic carbocycles. The van der Waals surface area contributed by atoms with Gasteiger partial charge in [-0.05, 0) is 33.3 Å². The van der Waals surface area contributed by atoms with Gasteiger partial charge in [0.1, 0.15) is 11.4 Å². The molecule has 1 fully saturated rings. The second kappa shape index (κ2) is 6.74. The Bertz CT molecular complexity index is 849. The molecule has 0 radical (unpaired) electrons. The van der Waals surface area contributed by atoms with Gasteiger partial charge in [0.2, 0.25) is 0 Å². The van der Waals surface area contributed by atoms with Gasteiger partial charge in [-0.25, -0.2) is 9.78 Å². The van der Waals surface area contributed by atoms with Crippen molar-refractivity contribution in [2.75, 3.05) is 18.4 Å². The first kappa shape index (κ1) is 17.8. The molecule has 0 bridgehead atoms. The average Bonchev–Trinajstić information content (AvgIpc) is 3.01. The van der Waals surface area contributed by atoms with Crippen LogP contribution in [0.5, 0.6) is 0 Å². The summed E-state index contributed by atoms with van der Waals surface area (Å²) in [6.45, 7) is 6.65. The van der Waals surface area contributed by atoms with E-state index in [1.165, 1.54) is 12.1 Å². The molecule has 3 rings (SSSR count). The quantitative estimate of drug-likeness (QED) is 0.662. The molecule has 9 heteroatoms. The third kappa shape index (κ3) is 4.16. The Kier molecular flexibility index (Phi) is 4.62. The van der Waals surface area contributed by atoms with Gasteiger partial charge in [-0.2, -0.15) is 0 Å². The van der Waals surface area contributed by atoms with Crippen molar-refractivity contribution in [3.63, 3.8) is 0 Å². The number of nitro groups is 1. The highest BCUT2D eigenvalue weighted by molar-refractivity contribution is 5.78. The third-order valence-electron chi connectivity index (χ3n) is 3.93. The van der Waals surface area contributed by atoms with Crippen LogP contribution in [0, 0.1) is 10.1 Å². The van der Waals surface area contributed by atoms with Gasteiger partial charge in [0.15, 0.2) is 0 Å². The van der Waals surface area contributed by atoms with Crippen molar-refractivity contribution in [2.24, 2.45) is 0 Å². The summed E-state index contributed by atoms with van der Waals surface area (Å²) in [4.78, 5) is 32.8. The molecule has 0 spiro atoms. The number of likely N-dealkylation sites (tertiary alicyclic amines) is 1. The Labute approximate surface area is 150 Å². The number of hydrogen-bond acceptors (Lipinski definition) is 7. The Morgan fingerprint density at radius 3 is 2.85 bits per heavy atom. The Morgan fingerprint density at radius 1 is 1.38 bits per heavy atom. The van der Waals surface area contributed by atoms with E-state index in [0.29, 0.717) is 29.9 Å². The molecule has 0 unspecified atom stereocenters. The van der Waals surface area contributed by atoms with Gasteiger partial charge in [-0.15, -0.1) is 0 Å². The lowest BCUT2D eigenvalue weighted by molar-refractivity contribution is -0.384. The van der Waals surface area contributed by atoms with Crippen LogP contribution in [-0.4, -0.2) is 50.6 Å². The number of aromatic nitrogens is 2. The minimum absolute atomic E-state index is 0.0173. The van der Waals surface area contributed by atoms with Gasteiger partial charge < -0.3 is 15.0 Å². The zero-order chi connectivity index (χ0) is 18.9. The number of nitrogens with one attached hydrogen (secondary N) is 1. The molecule has 1 atom stereocenters. The van der Waals surface area contributed by atoms with Gasteiger partial charge in [0.25, 0.3) is 5.69 Å². The van der Waals surface area contributed by atoms with Crippen LogP contribution in [0.15, 0.2) is 24.4 Å². The number of anilines is 1. The summed E-state index contributed by atoms with van der Waals surface area (Å²) < 4.78 is 5.38. The fourth-order valence-corrected chi connectivity index (χ4v) is 2.76. The SMILES string of the molecule is CC(C)(C)OC(=O)N1CC[C@@H](Nc2cnc3cc([N+](=O)[O-])ccc3n2)C1. The number of ether oxygens (including phenoxy) is 1. The third-order valence-corrected chi connectivity index (χ3v) is 3.93. The van der Waals surface area contributed by atoms with E-state index in [1.54, 1.807) is 17.2 Å². The lowest BCUT2D eigenvalue weighted by Crippen LogP contribution is -2.36. The summed E-state index contributed by atoms with van der Waals surface area (Å²) in [5, 5.41) is 14.1. The van der Waals surface area contributed by atoms with E-state index in [0.717, 1.165) is 6.42 Å². The molecule has 1 N–H and O–H groups in total. The number of nitro benzene ring substituents is 1. The number of carbonyl (C=O) groups excluding carboxylic acids is 1. The summed E-state index contributed by atoms with van der Waals surface area (Å²) in [6.07, 6.45) is 2.00. The van der Waals surface area contributed by atoms with Crippen LogP contribution < -0.4 is 5.32 Å². The smallest absolute Gasteiger partial charge is 0.410 e. The highest BCUT2D eigenvalue weighted by atomic mass is 16.6. The number of hydrogen-bond donors (Lipinski definition) is 1. The van der Waals surface area contributed by atoms with Gasteiger partial charge in [0.05, 0.1) is 22.2 Å². The summed E-state index contributed by atoms with van der Waals surface area (Å²) in [7, 11) is 0. The van der Waals surface area contributed by atoms with E-state index in [4.69, 9.17) is 4.74 Å². The van der Waals surface area contributed by atoms with Crippen LogP contribution in [0.1, 0.15) is 27.2 Å². The number of fused-ring (bicyclic) bond motifs is 1. The predicted molar refractivity (Wildman–Crippen MR) is 96.0 cm³/mol. The Morgan fingerprint density at radius 2 is 2.15 bits per heavy atom. The number of non-ortho nitro benzene ring substituents is 1. The highest BCUT2D eigenvalue weighted by Gasteiger charge is 2.29. The van der Waals surface area contributed by atoms with Gasteiger partial charge in [-0.1, -0.05) is 0 Å². The summed E-state index contributed by atoms with van der Waals surface area (Å²) in [6, 6.07) is 4.42. The van der Waals surface area contributed by atoms with Crippen molar-refractivity contribution in [2.45, 2.75) is 38.8 Å². The first-order valence-corrected chi connectivity index (χ1v) is 8.37. The van der Waals surface area contributed by atoms with Crippen molar-refractivity contribution < 1.29 is 14.5 Å². The first-order valence-electron chi connectivity index (χ1n) is 8.37. The summed E-state index contributed by atoms with van der Waals surface area (Å²) in [5.74, 6) is 0.572. The van der Waals surface area contributed by atoms with Crippen LogP contribution in [-0.2, 0) is 4.74 Å². The maximum Gasteiger partial charge on any atom is 0.410 e.